The van der Waals surface area contributed by atoms with E-state index >= 15 is 0 Å². The summed E-state index contributed by atoms with van der Waals surface area (Å²) in [6.45, 7) is 7.90. The van der Waals surface area contributed by atoms with Gasteiger partial charge in [0.1, 0.15) is 12.4 Å². The summed E-state index contributed by atoms with van der Waals surface area (Å²) in [5, 5.41) is 3.06. The Labute approximate surface area is 86.3 Å². The van der Waals surface area contributed by atoms with Crippen LogP contribution in [0, 0.1) is 20.8 Å². The van der Waals surface area contributed by atoms with Crippen molar-refractivity contribution in [2.45, 2.75) is 20.8 Å². The van der Waals surface area contributed by atoms with Crippen LogP contribution in [0.4, 0.5) is 0 Å². The normalized spacial score (nSPS) is 10.3. The van der Waals surface area contributed by atoms with Crippen LogP contribution in [-0.2, 0) is 0 Å². The smallest absolute Gasteiger partial charge is 0.125 e. The molecule has 78 valence electrons. The van der Waals surface area contributed by atoms with E-state index in [4.69, 9.17) is 4.74 Å². The van der Waals surface area contributed by atoms with Gasteiger partial charge in [0.15, 0.2) is 0 Å². The van der Waals surface area contributed by atoms with Crippen molar-refractivity contribution < 1.29 is 4.74 Å². The van der Waals surface area contributed by atoms with E-state index in [0.29, 0.717) is 0 Å². The summed E-state index contributed by atoms with van der Waals surface area (Å²) < 4.78 is 5.70. The third-order valence-electron chi connectivity index (χ3n) is 2.20. The Hall–Kier alpha value is -1.02. The molecule has 0 aliphatic rings. The zero-order chi connectivity index (χ0) is 10.6. The zero-order valence-electron chi connectivity index (χ0n) is 9.48. The van der Waals surface area contributed by atoms with Gasteiger partial charge in [-0.1, -0.05) is 17.7 Å². The molecule has 2 heteroatoms. The minimum atomic E-state index is 0.723. The van der Waals surface area contributed by atoms with Gasteiger partial charge in [-0.25, -0.2) is 0 Å². The Bertz CT molecular complexity index is 284. The van der Waals surface area contributed by atoms with Gasteiger partial charge >= 0.3 is 0 Å². The van der Waals surface area contributed by atoms with Crippen molar-refractivity contribution in [3.63, 3.8) is 0 Å². The fourth-order valence-electron chi connectivity index (χ4n) is 1.65. The average Bonchev–Trinajstić information content (AvgIpc) is 2.09. The molecule has 0 bridgehead atoms. The molecule has 0 atom stereocenters. The second-order valence-corrected chi connectivity index (χ2v) is 3.68. The second kappa shape index (κ2) is 5.01. The Balaban J connectivity index is 2.75. The molecule has 0 heterocycles. The Morgan fingerprint density at radius 3 is 2.21 bits per heavy atom. The highest BCUT2D eigenvalue weighted by Crippen LogP contribution is 2.24. The first kappa shape index (κ1) is 11.1. The summed E-state index contributed by atoms with van der Waals surface area (Å²) >= 11 is 0. The Kier molecular flexibility index (Phi) is 3.96. The third-order valence-corrected chi connectivity index (χ3v) is 2.20. The molecule has 0 aliphatic carbocycles. The maximum atomic E-state index is 5.70. The Morgan fingerprint density at radius 2 is 1.71 bits per heavy atom. The zero-order valence-corrected chi connectivity index (χ0v) is 9.48. The first-order chi connectivity index (χ1) is 6.65. The van der Waals surface area contributed by atoms with Crippen molar-refractivity contribution in [2.24, 2.45) is 0 Å². The molecule has 0 radical (unpaired) electrons. The van der Waals surface area contributed by atoms with Crippen LogP contribution in [0.1, 0.15) is 16.7 Å². The van der Waals surface area contributed by atoms with Crippen molar-refractivity contribution in [3.05, 3.63) is 28.8 Å². The van der Waals surface area contributed by atoms with E-state index in [-0.39, 0.29) is 0 Å². The summed E-state index contributed by atoms with van der Waals surface area (Å²) in [5.74, 6) is 1.03. The number of likely N-dealkylation sites (N-methyl/N-ethyl adjacent to an activating group) is 1. The number of nitrogens with one attached hydrogen (secondary N) is 1. The second-order valence-electron chi connectivity index (χ2n) is 3.68. The molecule has 0 unspecified atom stereocenters. The lowest BCUT2D eigenvalue weighted by molar-refractivity contribution is 0.314. The molecule has 0 aromatic heterocycles. The average molecular weight is 193 g/mol. The lowest BCUT2D eigenvalue weighted by Crippen LogP contribution is -2.16. The van der Waals surface area contributed by atoms with E-state index in [9.17, 15) is 0 Å². The molecule has 1 N–H and O–H groups in total. The predicted octanol–water partition coefficient (Wildman–Crippen LogP) is 2.21. The molecule has 14 heavy (non-hydrogen) atoms. The first-order valence-corrected chi connectivity index (χ1v) is 5.00. The molecule has 0 fully saturated rings. The van der Waals surface area contributed by atoms with Crippen molar-refractivity contribution in [2.75, 3.05) is 20.2 Å². The van der Waals surface area contributed by atoms with Gasteiger partial charge < -0.3 is 10.1 Å². The standard InChI is InChI=1S/C12H19NO/c1-9-7-10(2)12(11(3)8-9)14-6-5-13-4/h7-8,13H,5-6H2,1-4H3. The van der Waals surface area contributed by atoms with Crippen LogP contribution < -0.4 is 10.1 Å². The van der Waals surface area contributed by atoms with Crippen LogP contribution in [0.3, 0.4) is 0 Å². The molecular weight excluding hydrogens is 174 g/mol. The van der Waals surface area contributed by atoms with Gasteiger partial charge in [-0.05, 0) is 38.9 Å². The summed E-state index contributed by atoms with van der Waals surface area (Å²) in [6, 6.07) is 4.31. The van der Waals surface area contributed by atoms with E-state index in [0.717, 1.165) is 18.9 Å². The van der Waals surface area contributed by atoms with Crippen molar-refractivity contribution in [3.8, 4) is 5.75 Å². The fraction of sp³-hybridized carbons (Fsp3) is 0.500. The third kappa shape index (κ3) is 2.74. The van der Waals surface area contributed by atoms with Crippen LogP contribution in [0.5, 0.6) is 5.75 Å². The molecule has 1 aromatic carbocycles. The molecule has 0 amide bonds. The van der Waals surface area contributed by atoms with Crippen molar-refractivity contribution in [1.29, 1.82) is 0 Å². The SMILES string of the molecule is CNCCOc1c(C)cc(C)cc1C. The van der Waals surface area contributed by atoms with Crippen LogP contribution in [0.2, 0.25) is 0 Å². The van der Waals surface area contributed by atoms with Crippen molar-refractivity contribution in [1.82, 2.24) is 5.32 Å². The summed E-state index contributed by atoms with van der Waals surface area (Å²) in [5.41, 5.74) is 3.73. The molecule has 2 nitrogen and oxygen atoms in total. The highest BCUT2D eigenvalue weighted by molar-refractivity contribution is 5.42. The largest absolute Gasteiger partial charge is 0.492 e. The van der Waals surface area contributed by atoms with Gasteiger partial charge in [-0.2, -0.15) is 0 Å². The predicted molar refractivity (Wildman–Crippen MR) is 60.1 cm³/mol. The number of hydrogen-bond donors (Lipinski definition) is 1. The van der Waals surface area contributed by atoms with Gasteiger partial charge in [0.2, 0.25) is 0 Å². The monoisotopic (exact) mass is 193 g/mol. The molecule has 0 spiro atoms. The van der Waals surface area contributed by atoms with Crippen LogP contribution in [-0.4, -0.2) is 20.2 Å². The van der Waals surface area contributed by atoms with Crippen LogP contribution in [0.15, 0.2) is 12.1 Å². The van der Waals surface area contributed by atoms with Crippen LogP contribution >= 0.6 is 0 Å². The van der Waals surface area contributed by atoms with Gasteiger partial charge in [-0.15, -0.1) is 0 Å². The number of rotatable bonds is 4. The van der Waals surface area contributed by atoms with Gasteiger partial charge in [-0.3, -0.25) is 0 Å². The van der Waals surface area contributed by atoms with Crippen LogP contribution in [0.25, 0.3) is 0 Å². The maximum Gasteiger partial charge on any atom is 0.125 e. The molecule has 0 saturated heterocycles. The first-order valence-electron chi connectivity index (χ1n) is 5.00. The quantitative estimate of drug-likeness (QED) is 0.740. The minimum Gasteiger partial charge on any atom is -0.492 e. The topological polar surface area (TPSA) is 21.3 Å². The van der Waals surface area contributed by atoms with E-state index in [1.165, 1.54) is 16.7 Å². The molecule has 0 saturated carbocycles. The summed E-state index contributed by atoms with van der Waals surface area (Å²) in [4.78, 5) is 0. The van der Waals surface area contributed by atoms with Crippen molar-refractivity contribution >= 4 is 0 Å². The van der Waals surface area contributed by atoms with E-state index < -0.39 is 0 Å². The molecule has 0 aliphatic heterocycles. The molecule has 1 aromatic rings. The maximum absolute atomic E-state index is 5.70. The fourth-order valence-corrected chi connectivity index (χ4v) is 1.65. The highest BCUT2D eigenvalue weighted by Gasteiger charge is 2.03. The van der Waals surface area contributed by atoms with Gasteiger partial charge in [0, 0.05) is 6.54 Å². The molecule has 1 rings (SSSR count). The van der Waals surface area contributed by atoms with E-state index in [1.807, 2.05) is 7.05 Å². The number of aryl methyl sites for hydroxylation is 3. The number of hydrogen-bond acceptors (Lipinski definition) is 2. The summed E-state index contributed by atoms with van der Waals surface area (Å²) in [7, 11) is 1.93. The van der Waals surface area contributed by atoms with E-state index in [2.05, 4.69) is 38.2 Å². The van der Waals surface area contributed by atoms with E-state index in [1.54, 1.807) is 0 Å². The van der Waals surface area contributed by atoms with Gasteiger partial charge in [0.05, 0.1) is 0 Å². The molecular formula is C12H19NO. The minimum absolute atomic E-state index is 0.723. The summed E-state index contributed by atoms with van der Waals surface area (Å²) in [6.07, 6.45) is 0. The lowest BCUT2D eigenvalue weighted by atomic mass is 10.1. The highest BCUT2D eigenvalue weighted by atomic mass is 16.5. The van der Waals surface area contributed by atoms with Gasteiger partial charge in [0.25, 0.3) is 0 Å². The lowest BCUT2D eigenvalue weighted by Gasteiger charge is -2.12. The number of ether oxygens (including phenoxy) is 1. The number of benzene rings is 1. The Morgan fingerprint density at radius 1 is 1.14 bits per heavy atom.